The van der Waals surface area contributed by atoms with Gasteiger partial charge in [-0.05, 0) is 116 Å². The summed E-state index contributed by atoms with van der Waals surface area (Å²) in [6.07, 6.45) is 87.3. The van der Waals surface area contributed by atoms with Crippen molar-refractivity contribution in [2.24, 2.45) is 0 Å². The second-order valence-electron chi connectivity index (χ2n) is 22.3. The molecule has 450 valence electrons. The van der Waals surface area contributed by atoms with Crippen molar-refractivity contribution in [3.63, 3.8) is 0 Å². The molecule has 1 atom stereocenters. The van der Waals surface area contributed by atoms with Gasteiger partial charge in [-0.2, -0.15) is 0 Å². The summed E-state index contributed by atoms with van der Waals surface area (Å²) < 4.78 is 17.0. The van der Waals surface area contributed by atoms with Crippen molar-refractivity contribution in [2.75, 3.05) is 13.2 Å². The molecule has 0 fully saturated rings. The van der Waals surface area contributed by atoms with Gasteiger partial charge in [-0.3, -0.25) is 14.4 Å². The van der Waals surface area contributed by atoms with Crippen LogP contribution in [0.25, 0.3) is 0 Å². The lowest BCUT2D eigenvalue weighted by Crippen LogP contribution is -2.30. The Morgan fingerprint density at radius 3 is 0.808 bits per heavy atom. The van der Waals surface area contributed by atoms with Gasteiger partial charge in [0.2, 0.25) is 0 Å². The van der Waals surface area contributed by atoms with Gasteiger partial charge in [0.15, 0.2) is 6.10 Å². The van der Waals surface area contributed by atoms with E-state index in [9.17, 15) is 14.4 Å². The number of carbonyl (C=O) groups is 3. The Balaban J connectivity index is 4.38. The number of unbranched alkanes of at least 4 members (excludes halogenated alkanes) is 36. The monoisotopic (exact) mass is 1090 g/mol. The first kappa shape index (κ1) is 74.6. The van der Waals surface area contributed by atoms with Crippen LogP contribution in [0.15, 0.2) is 85.1 Å². The second-order valence-corrected chi connectivity index (χ2v) is 22.3. The van der Waals surface area contributed by atoms with Gasteiger partial charge in [-0.1, -0.05) is 286 Å². The van der Waals surface area contributed by atoms with E-state index in [1.165, 1.54) is 186 Å². The molecule has 0 rings (SSSR count). The molecule has 0 heterocycles. The Kier molecular flexibility index (Phi) is 63.2. The first-order valence-corrected chi connectivity index (χ1v) is 33.6. The number of ether oxygens (including phenoxy) is 3. The fraction of sp³-hybridized carbons (Fsp3) is 0.764. The molecule has 1 unspecified atom stereocenters. The van der Waals surface area contributed by atoms with Crippen LogP contribution in [0.4, 0.5) is 0 Å². The van der Waals surface area contributed by atoms with Gasteiger partial charge in [-0.25, -0.2) is 0 Å². The third kappa shape index (κ3) is 63.4. The topological polar surface area (TPSA) is 78.9 Å². The number of esters is 3. The van der Waals surface area contributed by atoms with Crippen LogP contribution in [-0.4, -0.2) is 37.2 Å². The third-order valence-electron chi connectivity index (χ3n) is 14.6. The molecule has 6 heteroatoms. The minimum absolute atomic E-state index is 0.0841. The summed E-state index contributed by atoms with van der Waals surface area (Å²) >= 11 is 0. The molecule has 0 aliphatic carbocycles. The van der Waals surface area contributed by atoms with Gasteiger partial charge >= 0.3 is 17.9 Å². The Morgan fingerprint density at radius 1 is 0.269 bits per heavy atom. The standard InChI is InChI=1S/C72H126O6/c1-4-7-10-13-16-19-22-25-28-31-34-35-36-37-39-41-44-47-50-53-56-59-62-65-71(74)77-68-69(67-76-70(73)64-61-58-55-52-49-46-43-40-33-30-27-24-21-18-15-12-9-6-3)78-72(75)66-63-60-57-54-51-48-45-42-38-32-29-26-23-20-17-14-11-8-5-2/h8,11,17,20-21,24,26,29-31,33-34,38,42,69H,4-7,9-10,12-16,18-19,22-23,25,27-28,32,35-37,39-41,43-68H2,1-3H3/b11-8-,20-17-,24-21-,29-26-,33-30-,34-31-,42-38-. The maximum atomic E-state index is 12.9. The van der Waals surface area contributed by atoms with Gasteiger partial charge in [0.1, 0.15) is 13.2 Å². The molecule has 0 saturated heterocycles. The highest BCUT2D eigenvalue weighted by Gasteiger charge is 2.19. The lowest BCUT2D eigenvalue weighted by atomic mass is 10.0. The van der Waals surface area contributed by atoms with Crippen molar-refractivity contribution in [2.45, 2.75) is 341 Å². The van der Waals surface area contributed by atoms with Crippen LogP contribution in [0, 0.1) is 0 Å². The highest BCUT2D eigenvalue weighted by Crippen LogP contribution is 2.16. The quantitative estimate of drug-likeness (QED) is 0.0261. The summed E-state index contributed by atoms with van der Waals surface area (Å²) in [4.78, 5) is 38.4. The fourth-order valence-corrected chi connectivity index (χ4v) is 9.58. The molecule has 0 aliphatic rings. The van der Waals surface area contributed by atoms with Crippen molar-refractivity contribution < 1.29 is 28.6 Å². The predicted octanol–water partition coefficient (Wildman–Crippen LogP) is 23.1. The van der Waals surface area contributed by atoms with Crippen molar-refractivity contribution in [3.05, 3.63) is 85.1 Å². The molecular formula is C72H126O6. The zero-order chi connectivity index (χ0) is 56.4. The average molecular weight is 1090 g/mol. The molecule has 0 N–H and O–H groups in total. The molecule has 0 aromatic rings. The average Bonchev–Trinajstić information content (AvgIpc) is 3.44. The summed E-state index contributed by atoms with van der Waals surface area (Å²) in [5, 5.41) is 0. The van der Waals surface area contributed by atoms with Crippen molar-refractivity contribution in [1.82, 2.24) is 0 Å². The van der Waals surface area contributed by atoms with E-state index in [-0.39, 0.29) is 31.1 Å². The molecule has 0 aromatic heterocycles. The molecule has 6 nitrogen and oxygen atoms in total. The molecule has 78 heavy (non-hydrogen) atoms. The van der Waals surface area contributed by atoms with Crippen LogP contribution in [0.1, 0.15) is 335 Å². The van der Waals surface area contributed by atoms with Gasteiger partial charge in [0, 0.05) is 19.3 Å². The largest absolute Gasteiger partial charge is 0.462 e. The summed E-state index contributed by atoms with van der Waals surface area (Å²) in [6, 6.07) is 0. The van der Waals surface area contributed by atoms with Gasteiger partial charge in [-0.15, -0.1) is 0 Å². The number of hydrogen-bond donors (Lipinski definition) is 0. The van der Waals surface area contributed by atoms with E-state index in [1.807, 2.05) is 0 Å². The van der Waals surface area contributed by atoms with Crippen LogP contribution < -0.4 is 0 Å². The Morgan fingerprint density at radius 2 is 0.500 bits per heavy atom. The summed E-state index contributed by atoms with van der Waals surface area (Å²) in [5.41, 5.74) is 0. The number of hydrogen-bond acceptors (Lipinski definition) is 6. The molecule has 0 radical (unpaired) electrons. The van der Waals surface area contributed by atoms with E-state index in [4.69, 9.17) is 14.2 Å². The van der Waals surface area contributed by atoms with E-state index in [0.29, 0.717) is 19.3 Å². The molecule has 0 amide bonds. The summed E-state index contributed by atoms with van der Waals surface area (Å²) in [5.74, 6) is -0.892. The Hall–Kier alpha value is -3.41. The fourth-order valence-electron chi connectivity index (χ4n) is 9.58. The third-order valence-corrected chi connectivity index (χ3v) is 14.6. The molecule has 0 spiro atoms. The Labute approximate surface area is 484 Å². The lowest BCUT2D eigenvalue weighted by molar-refractivity contribution is -0.167. The number of rotatable bonds is 61. The van der Waals surface area contributed by atoms with Crippen LogP contribution in [0.2, 0.25) is 0 Å². The second kappa shape index (κ2) is 66.1. The molecule has 0 aromatic carbocycles. The van der Waals surface area contributed by atoms with Gasteiger partial charge < -0.3 is 14.2 Å². The minimum atomic E-state index is -0.790. The molecular weight excluding hydrogens is 961 g/mol. The smallest absolute Gasteiger partial charge is 0.306 e. The maximum Gasteiger partial charge on any atom is 0.306 e. The first-order valence-electron chi connectivity index (χ1n) is 33.6. The van der Waals surface area contributed by atoms with Gasteiger partial charge in [0.05, 0.1) is 0 Å². The van der Waals surface area contributed by atoms with Gasteiger partial charge in [0.25, 0.3) is 0 Å². The van der Waals surface area contributed by atoms with Crippen LogP contribution in [0.5, 0.6) is 0 Å². The van der Waals surface area contributed by atoms with E-state index < -0.39 is 6.10 Å². The first-order chi connectivity index (χ1) is 38.5. The van der Waals surface area contributed by atoms with E-state index >= 15 is 0 Å². The van der Waals surface area contributed by atoms with E-state index in [1.54, 1.807) is 0 Å². The number of carbonyl (C=O) groups excluding carboxylic acids is 3. The van der Waals surface area contributed by atoms with E-state index in [0.717, 1.165) is 109 Å². The van der Waals surface area contributed by atoms with Crippen LogP contribution in [-0.2, 0) is 28.6 Å². The minimum Gasteiger partial charge on any atom is -0.462 e. The maximum absolute atomic E-state index is 12.9. The molecule has 0 aliphatic heterocycles. The zero-order valence-corrected chi connectivity index (χ0v) is 51.7. The summed E-state index contributed by atoms with van der Waals surface area (Å²) in [7, 11) is 0. The highest BCUT2D eigenvalue weighted by molar-refractivity contribution is 5.71. The molecule has 0 bridgehead atoms. The molecule has 0 saturated carbocycles. The lowest BCUT2D eigenvalue weighted by Gasteiger charge is -2.18. The van der Waals surface area contributed by atoms with Crippen molar-refractivity contribution in [3.8, 4) is 0 Å². The van der Waals surface area contributed by atoms with Crippen molar-refractivity contribution in [1.29, 1.82) is 0 Å². The SMILES string of the molecule is CC/C=C\C/C=C\C/C=C\C/C=C\CCCCCCCCC(=O)OC(COC(=O)CCCCCCCCC/C=C\C/C=C\CCCCCC)COC(=O)CCCCCCCCCCCCC/C=C\CCCCCCCCCC. The van der Waals surface area contributed by atoms with Crippen LogP contribution in [0.3, 0.4) is 0 Å². The number of allylic oxidation sites excluding steroid dienone is 14. The Bertz CT molecular complexity index is 1480. The highest BCUT2D eigenvalue weighted by atomic mass is 16.6. The zero-order valence-electron chi connectivity index (χ0n) is 51.7. The van der Waals surface area contributed by atoms with Crippen molar-refractivity contribution >= 4 is 17.9 Å². The normalized spacial score (nSPS) is 12.6. The van der Waals surface area contributed by atoms with E-state index in [2.05, 4.69) is 106 Å². The summed E-state index contributed by atoms with van der Waals surface area (Å²) in [6.45, 7) is 6.53. The predicted molar refractivity (Wildman–Crippen MR) is 339 cm³/mol. The van der Waals surface area contributed by atoms with Crippen LogP contribution >= 0.6 is 0 Å².